The predicted octanol–water partition coefficient (Wildman–Crippen LogP) is 5.46. The quantitative estimate of drug-likeness (QED) is 0.503. The SMILES string of the molecule is Clc1nccc2[nH]c(-c3cccc(OCc4ccccc4)c3)cc12. The van der Waals surface area contributed by atoms with Gasteiger partial charge in [0.05, 0.1) is 5.52 Å². The number of pyridine rings is 1. The van der Waals surface area contributed by atoms with Crippen LogP contribution in [-0.4, -0.2) is 9.97 Å². The number of halogens is 1. The second kappa shape index (κ2) is 6.38. The van der Waals surface area contributed by atoms with Crippen LogP contribution >= 0.6 is 11.6 Å². The van der Waals surface area contributed by atoms with Crippen LogP contribution in [0.5, 0.6) is 5.75 Å². The molecule has 0 aliphatic carbocycles. The lowest BCUT2D eigenvalue weighted by atomic mass is 10.1. The van der Waals surface area contributed by atoms with E-state index in [0.29, 0.717) is 11.8 Å². The summed E-state index contributed by atoms with van der Waals surface area (Å²) >= 11 is 6.15. The first-order valence-corrected chi connectivity index (χ1v) is 8.08. The Labute approximate surface area is 144 Å². The Hall–Kier alpha value is -2.78. The number of hydrogen-bond acceptors (Lipinski definition) is 2. The van der Waals surface area contributed by atoms with Gasteiger partial charge in [-0.15, -0.1) is 0 Å². The first kappa shape index (κ1) is 14.8. The highest BCUT2D eigenvalue weighted by Gasteiger charge is 2.07. The molecule has 24 heavy (non-hydrogen) atoms. The number of aromatic amines is 1. The van der Waals surface area contributed by atoms with Crippen LogP contribution in [0.1, 0.15) is 5.56 Å². The molecule has 2 heterocycles. The van der Waals surface area contributed by atoms with Crippen molar-refractivity contribution in [3.05, 3.63) is 83.6 Å². The maximum Gasteiger partial charge on any atom is 0.138 e. The third-order valence-electron chi connectivity index (χ3n) is 3.89. The van der Waals surface area contributed by atoms with Crippen LogP contribution in [0.25, 0.3) is 22.2 Å². The fraction of sp³-hybridized carbons (Fsp3) is 0.0500. The van der Waals surface area contributed by atoms with Crippen molar-refractivity contribution in [1.82, 2.24) is 9.97 Å². The molecule has 2 aromatic heterocycles. The van der Waals surface area contributed by atoms with Crippen molar-refractivity contribution in [1.29, 1.82) is 0 Å². The summed E-state index contributed by atoms with van der Waals surface area (Å²) in [7, 11) is 0. The van der Waals surface area contributed by atoms with E-state index in [2.05, 4.69) is 22.1 Å². The molecule has 0 fully saturated rings. The summed E-state index contributed by atoms with van der Waals surface area (Å²) in [6.07, 6.45) is 1.70. The highest BCUT2D eigenvalue weighted by molar-refractivity contribution is 6.34. The molecule has 3 nitrogen and oxygen atoms in total. The van der Waals surface area contributed by atoms with Crippen molar-refractivity contribution >= 4 is 22.5 Å². The molecular weight excluding hydrogens is 320 g/mol. The largest absolute Gasteiger partial charge is 0.489 e. The molecule has 4 aromatic rings. The molecule has 4 rings (SSSR count). The number of hydrogen-bond donors (Lipinski definition) is 1. The van der Waals surface area contributed by atoms with Gasteiger partial charge < -0.3 is 9.72 Å². The zero-order valence-corrected chi connectivity index (χ0v) is 13.6. The standard InChI is InChI=1S/C20H15ClN2O/c21-20-17-12-19(23-18(17)9-10-22-20)15-7-4-8-16(11-15)24-13-14-5-2-1-3-6-14/h1-12,23H,13H2. The summed E-state index contributed by atoms with van der Waals surface area (Å²) in [5.41, 5.74) is 4.16. The fourth-order valence-corrected chi connectivity index (χ4v) is 2.88. The Balaban J connectivity index is 1.60. The smallest absolute Gasteiger partial charge is 0.138 e. The molecule has 0 spiro atoms. The van der Waals surface area contributed by atoms with Gasteiger partial charge in [0.1, 0.15) is 17.5 Å². The van der Waals surface area contributed by atoms with Crippen molar-refractivity contribution in [3.63, 3.8) is 0 Å². The van der Waals surface area contributed by atoms with Gasteiger partial charge in [-0.1, -0.05) is 54.1 Å². The Bertz CT molecular complexity index is 979. The second-order valence-corrected chi connectivity index (χ2v) is 5.91. The summed E-state index contributed by atoms with van der Waals surface area (Å²) in [6.45, 7) is 0.548. The fourth-order valence-electron chi connectivity index (χ4n) is 2.67. The van der Waals surface area contributed by atoms with Gasteiger partial charge in [0.25, 0.3) is 0 Å². The number of benzene rings is 2. The highest BCUT2D eigenvalue weighted by Crippen LogP contribution is 2.29. The van der Waals surface area contributed by atoms with Gasteiger partial charge >= 0.3 is 0 Å². The van der Waals surface area contributed by atoms with E-state index < -0.39 is 0 Å². The van der Waals surface area contributed by atoms with Crippen molar-refractivity contribution in [3.8, 4) is 17.0 Å². The summed E-state index contributed by atoms with van der Waals surface area (Å²) in [5.74, 6) is 0.833. The van der Waals surface area contributed by atoms with E-state index in [4.69, 9.17) is 16.3 Å². The molecule has 0 saturated carbocycles. The summed E-state index contributed by atoms with van der Waals surface area (Å²) < 4.78 is 5.90. The van der Waals surface area contributed by atoms with Gasteiger partial charge in [0.15, 0.2) is 0 Å². The Morgan fingerprint density at radius 1 is 0.958 bits per heavy atom. The molecule has 1 N–H and O–H groups in total. The van der Waals surface area contributed by atoms with Gasteiger partial charge in [-0.2, -0.15) is 0 Å². The minimum Gasteiger partial charge on any atom is -0.489 e. The van der Waals surface area contributed by atoms with Crippen LogP contribution in [0.4, 0.5) is 0 Å². The zero-order chi connectivity index (χ0) is 16.4. The lowest BCUT2D eigenvalue weighted by Crippen LogP contribution is -1.94. The van der Waals surface area contributed by atoms with Crippen LogP contribution in [0.3, 0.4) is 0 Å². The number of rotatable bonds is 4. The van der Waals surface area contributed by atoms with Gasteiger partial charge in [-0.25, -0.2) is 4.98 Å². The van der Waals surface area contributed by atoms with Gasteiger partial charge in [0.2, 0.25) is 0 Å². The first-order valence-electron chi connectivity index (χ1n) is 7.70. The molecule has 0 aliphatic heterocycles. The minimum atomic E-state index is 0.506. The molecular formula is C20H15ClN2O. The maximum absolute atomic E-state index is 6.15. The number of aromatic nitrogens is 2. The molecule has 4 heteroatoms. The van der Waals surface area contributed by atoms with Crippen LogP contribution in [0.2, 0.25) is 5.15 Å². The van der Waals surface area contributed by atoms with E-state index >= 15 is 0 Å². The summed E-state index contributed by atoms with van der Waals surface area (Å²) in [6, 6.07) is 22.1. The Morgan fingerprint density at radius 3 is 2.67 bits per heavy atom. The monoisotopic (exact) mass is 334 g/mol. The van der Waals surface area contributed by atoms with Crippen molar-refractivity contribution in [2.75, 3.05) is 0 Å². The highest BCUT2D eigenvalue weighted by atomic mass is 35.5. The number of H-pyrrole nitrogens is 1. The molecule has 0 bridgehead atoms. The van der Waals surface area contributed by atoms with E-state index in [-0.39, 0.29) is 0 Å². The molecule has 0 amide bonds. The number of nitrogens with zero attached hydrogens (tertiary/aromatic N) is 1. The summed E-state index contributed by atoms with van der Waals surface area (Å²) in [5, 5.41) is 1.43. The molecule has 0 aliphatic rings. The van der Waals surface area contributed by atoms with E-state index in [0.717, 1.165) is 33.5 Å². The molecule has 0 saturated heterocycles. The van der Waals surface area contributed by atoms with Crippen LogP contribution in [0, 0.1) is 0 Å². The van der Waals surface area contributed by atoms with Crippen LogP contribution in [0.15, 0.2) is 72.9 Å². The molecule has 0 radical (unpaired) electrons. The first-order chi connectivity index (χ1) is 11.8. The predicted molar refractivity (Wildman–Crippen MR) is 97.3 cm³/mol. The Morgan fingerprint density at radius 2 is 1.83 bits per heavy atom. The third kappa shape index (κ3) is 2.99. The second-order valence-electron chi connectivity index (χ2n) is 5.55. The maximum atomic E-state index is 6.15. The van der Waals surface area contributed by atoms with E-state index in [1.165, 1.54) is 0 Å². The average molecular weight is 335 g/mol. The molecule has 118 valence electrons. The molecule has 2 aromatic carbocycles. The third-order valence-corrected chi connectivity index (χ3v) is 4.19. The average Bonchev–Trinajstić information content (AvgIpc) is 3.07. The van der Waals surface area contributed by atoms with Crippen LogP contribution < -0.4 is 4.74 Å². The topological polar surface area (TPSA) is 37.9 Å². The van der Waals surface area contributed by atoms with Crippen molar-refractivity contribution < 1.29 is 4.74 Å². The zero-order valence-electron chi connectivity index (χ0n) is 12.9. The van der Waals surface area contributed by atoms with Gasteiger partial charge in [-0.3, -0.25) is 0 Å². The Kier molecular flexibility index (Phi) is 3.93. The van der Waals surface area contributed by atoms with Gasteiger partial charge in [-0.05, 0) is 29.8 Å². The van der Waals surface area contributed by atoms with Crippen LogP contribution in [-0.2, 0) is 6.61 Å². The number of ether oxygens (including phenoxy) is 1. The number of fused-ring (bicyclic) bond motifs is 1. The minimum absolute atomic E-state index is 0.506. The lowest BCUT2D eigenvalue weighted by Gasteiger charge is -2.07. The molecule has 0 unspecified atom stereocenters. The number of nitrogens with one attached hydrogen (secondary N) is 1. The van der Waals surface area contributed by atoms with Crippen molar-refractivity contribution in [2.24, 2.45) is 0 Å². The van der Waals surface area contributed by atoms with Crippen molar-refractivity contribution in [2.45, 2.75) is 6.61 Å². The normalized spacial score (nSPS) is 10.9. The van der Waals surface area contributed by atoms with E-state index in [9.17, 15) is 0 Å². The lowest BCUT2D eigenvalue weighted by molar-refractivity contribution is 0.306. The summed E-state index contributed by atoms with van der Waals surface area (Å²) in [4.78, 5) is 7.49. The van der Waals surface area contributed by atoms with Gasteiger partial charge in [0, 0.05) is 22.8 Å². The van der Waals surface area contributed by atoms with E-state index in [1.54, 1.807) is 6.20 Å². The van der Waals surface area contributed by atoms with E-state index in [1.807, 2.05) is 54.6 Å². The molecule has 0 atom stereocenters.